The van der Waals surface area contributed by atoms with Crippen molar-refractivity contribution in [3.63, 3.8) is 0 Å². The van der Waals surface area contributed by atoms with Gasteiger partial charge in [0.05, 0.1) is 6.10 Å². The first-order valence-corrected chi connectivity index (χ1v) is 7.54. The molecule has 0 unspecified atom stereocenters. The van der Waals surface area contributed by atoms with E-state index in [0.717, 1.165) is 12.1 Å². The average Bonchev–Trinajstić information content (AvgIpc) is 2.38. The summed E-state index contributed by atoms with van der Waals surface area (Å²) in [5, 5.41) is 9.59. The third-order valence-electron chi connectivity index (χ3n) is 3.65. The van der Waals surface area contributed by atoms with Crippen LogP contribution in [-0.2, 0) is 0 Å². The Balaban J connectivity index is 2.96. The summed E-state index contributed by atoms with van der Waals surface area (Å²) in [4.78, 5) is 2.51. The summed E-state index contributed by atoms with van der Waals surface area (Å²) in [6.45, 7) is 11.9. The topological polar surface area (TPSA) is 23.5 Å². The summed E-state index contributed by atoms with van der Waals surface area (Å²) in [6, 6.07) is 8.96. The zero-order valence-corrected chi connectivity index (χ0v) is 13.1. The molecule has 1 N–H and O–H groups in total. The molecule has 0 saturated heterocycles. The SMILES string of the molecule is CCC(CC)N(CC(C)C)c1ccc([C@H](C)O)cc1. The van der Waals surface area contributed by atoms with Gasteiger partial charge in [0.1, 0.15) is 0 Å². The lowest BCUT2D eigenvalue weighted by Crippen LogP contribution is -2.37. The number of aliphatic hydroxyl groups excluding tert-OH is 1. The van der Waals surface area contributed by atoms with Gasteiger partial charge in [-0.3, -0.25) is 0 Å². The summed E-state index contributed by atoms with van der Waals surface area (Å²) in [6.07, 6.45) is 1.95. The van der Waals surface area contributed by atoms with Crippen LogP contribution in [0.4, 0.5) is 5.69 Å². The predicted molar refractivity (Wildman–Crippen MR) is 83.6 cm³/mol. The van der Waals surface area contributed by atoms with Gasteiger partial charge in [0, 0.05) is 18.3 Å². The Morgan fingerprint density at radius 1 is 1.00 bits per heavy atom. The highest BCUT2D eigenvalue weighted by Gasteiger charge is 2.17. The van der Waals surface area contributed by atoms with Gasteiger partial charge in [0.2, 0.25) is 0 Å². The third kappa shape index (κ3) is 4.54. The van der Waals surface area contributed by atoms with Crippen molar-refractivity contribution >= 4 is 5.69 Å². The van der Waals surface area contributed by atoms with E-state index < -0.39 is 0 Å². The van der Waals surface area contributed by atoms with E-state index >= 15 is 0 Å². The van der Waals surface area contributed by atoms with E-state index in [1.165, 1.54) is 18.5 Å². The van der Waals surface area contributed by atoms with Crippen molar-refractivity contribution in [1.82, 2.24) is 0 Å². The molecular weight excluding hydrogens is 234 g/mol. The summed E-state index contributed by atoms with van der Waals surface area (Å²) in [7, 11) is 0. The molecular formula is C17H29NO. The Bertz CT molecular complexity index is 352. The first-order chi connectivity index (χ1) is 8.99. The van der Waals surface area contributed by atoms with Gasteiger partial charge < -0.3 is 10.0 Å². The van der Waals surface area contributed by atoms with E-state index in [9.17, 15) is 5.11 Å². The largest absolute Gasteiger partial charge is 0.389 e. The second-order valence-electron chi connectivity index (χ2n) is 5.78. The van der Waals surface area contributed by atoms with Crippen molar-refractivity contribution in [2.45, 2.75) is 59.6 Å². The number of hydrogen-bond acceptors (Lipinski definition) is 2. The van der Waals surface area contributed by atoms with Crippen molar-refractivity contribution in [3.8, 4) is 0 Å². The average molecular weight is 263 g/mol. The molecule has 0 aromatic heterocycles. The van der Waals surface area contributed by atoms with Gasteiger partial charge in [-0.25, -0.2) is 0 Å². The molecule has 0 spiro atoms. The van der Waals surface area contributed by atoms with Gasteiger partial charge >= 0.3 is 0 Å². The van der Waals surface area contributed by atoms with Crippen LogP contribution in [0.3, 0.4) is 0 Å². The molecule has 2 nitrogen and oxygen atoms in total. The lowest BCUT2D eigenvalue weighted by molar-refractivity contribution is 0.199. The van der Waals surface area contributed by atoms with Crippen molar-refractivity contribution in [3.05, 3.63) is 29.8 Å². The fraction of sp³-hybridized carbons (Fsp3) is 0.647. The molecule has 1 atom stereocenters. The zero-order valence-electron chi connectivity index (χ0n) is 13.1. The molecule has 0 saturated carbocycles. The van der Waals surface area contributed by atoms with E-state index in [-0.39, 0.29) is 6.10 Å². The predicted octanol–water partition coefficient (Wildman–Crippen LogP) is 4.39. The van der Waals surface area contributed by atoms with E-state index in [0.29, 0.717) is 12.0 Å². The van der Waals surface area contributed by atoms with Crippen LogP contribution < -0.4 is 4.90 Å². The first-order valence-electron chi connectivity index (χ1n) is 7.54. The molecule has 1 rings (SSSR count). The van der Waals surface area contributed by atoms with Gasteiger partial charge in [-0.15, -0.1) is 0 Å². The van der Waals surface area contributed by atoms with Gasteiger partial charge in [-0.2, -0.15) is 0 Å². The van der Waals surface area contributed by atoms with E-state index in [1.54, 1.807) is 0 Å². The number of nitrogens with zero attached hydrogens (tertiary/aromatic N) is 1. The molecule has 0 bridgehead atoms. The van der Waals surface area contributed by atoms with Crippen LogP contribution in [0.2, 0.25) is 0 Å². The van der Waals surface area contributed by atoms with Crippen LogP contribution in [-0.4, -0.2) is 17.7 Å². The molecule has 0 amide bonds. The monoisotopic (exact) mass is 263 g/mol. The lowest BCUT2D eigenvalue weighted by Gasteiger charge is -2.34. The Hall–Kier alpha value is -1.02. The summed E-state index contributed by atoms with van der Waals surface area (Å²) >= 11 is 0. The number of anilines is 1. The Labute approximate surface area is 118 Å². The fourth-order valence-electron chi connectivity index (χ4n) is 2.53. The van der Waals surface area contributed by atoms with Gasteiger partial charge in [0.25, 0.3) is 0 Å². The van der Waals surface area contributed by atoms with Crippen molar-refractivity contribution in [1.29, 1.82) is 0 Å². The maximum Gasteiger partial charge on any atom is 0.0761 e. The number of benzene rings is 1. The maximum atomic E-state index is 9.59. The number of rotatable bonds is 7. The van der Waals surface area contributed by atoms with Gasteiger partial charge in [0.15, 0.2) is 0 Å². The van der Waals surface area contributed by atoms with Crippen molar-refractivity contribution in [2.75, 3.05) is 11.4 Å². The van der Waals surface area contributed by atoms with Crippen LogP contribution in [0.1, 0.15) is 59.1 Å². The van der Waals surface area contributed by atoms with Crippen LogP contribution in [0, 0.1) is 5.92 Å². The van der Waals surface area contributed by atoms with Crippen molar-refractivity contribution < 1.29 is 5.11 Å². The molecule has 2 heteroatoms. The Morgan fingerprint density at radius 2 is 1.53 bits per heavy atom. The van der Waals surface area contributed by atoms with Gasteiger partial charge in [-0.1, -0.05) is 39.8 Å². The molecule has 0 aliphatic rings. The third-order valence-corrected chi connectivity index (χ3v) is 3.65. The van der Waals surface area contributed by atoms with Crippen LogP contribution in [0.15, 0.2) is 24.3 Å². The van der Waals surface area contributed by atoms with E-state index in [1.807, 2.05) is 19.1 Å². The molecule has 1 aromatic carbocycles. The second-order valence-corrected chi connectivity index (χ2v) is 5.78. The molecule has 0 heterocycles. The Morgan fingerprint density at radius 3 is 1.89 bits per heavy atom. The molecule has 0 aliphatic heterocycles. The number of aliphatic hydroxyl groups is 1. The summed E-state index contributed by atoms with van der Waals surface area (Å²) in [5.41, 5.74) is 2.25. The minimum Gasteiger partial charge on any atom is -0.389 e. The van der Waals surface area contributed by atoms with E-state index in [4.69, 9.17) is 0 Å². The molecule has 0 fully saturated rings. The maximum absolute atomic E-state index is 9.59. The quantitative estimate of drug-likeness (QED) is 0.788. The highest BCUT2D eigenvalue weighted by molar-refractivity contribution is 5.49. The lowest BCUT2D eigenvalue weighted by atomic mass is 10.0. The first kappa shape index (κ1) is 16.0. The van der Waals surface area contributed by atoms with E-state index in [2.05, 4.69) is 44.7 Å². The van der Waals surface area contributed by atoms with Crippen molar-refractivity contribution in [2.24, 2.45) is 5.92 Å². The van der Waals surface area contributed by atoms with Crippen LogP contribution >= 0.6 is 0 Å². The zero-order chi connectivity index (χ0) is 14.4. The molecule has 1 aromatic rings. The van der Waals surface area contributed by atoms with Crippen LogP contribution in [0.25, 0.3) is 0 Å². The second kappa shape index (κ2) is 7.54. The Kier molecular flexibility index (Phi) is 6.36. The smallest absolute Gasteiger partial charge is 0.0761 e. The molecule has 0 radical (unpaired) electrons. The standard InChI is InChI=1S/C17H29NO/c1-6-16(7-2)18(12-13(3)4)17-10-8-15(9-11-17)14(5)19/h8-11,13-14,16,19H,6-7,12H2,1-5H3/t14-/m0/s1. The molecule has 108 valence electrons. The highest BCUT2D eigenvalue weighted by atomic mass is 16.3. The number of hydrogen-bond donors (Lipinski definition) is 1. The van der Waals surface area contributed by atoms with Crippen LogP contribution in [0.5, 0.6) is 0 Å². The summed E-state index contributed by atoms with van der Waals surface area (Å²) < 4.78 is 0. The molecule has 19 heavy (non-hydrogen) atoms. The van der Waals surface area contributed by atoms with Gasteiger partial charge in [-0.05, 0) is 43.4 Å². The minimum absolute atomic E-state index is 0.388. The normalized spacial score (nSPS) is 13.1. The molecule has 0 aliphatic carbocycles. The minimum atomic E-state index is -0.388. The fourth-order valence-corrected chi connectivity index (χ4v) is 2.53. The highest BCUT2D eigenvalue weighted by Crippen LogP contribution is 2.24. The summed E-state index contributed by atoms with van der Waals surface area (Å²) in [5.74, 6) is 0.650.